The number of ether oxygens (including phenoxy) is 1. The van der Waals surface area contributed by atoms with Gasteiger partial charge in [0.2, 0.25) is 5.91 Å². The van der Waals surface area contributed by atoms with Crippen LogP contribution in [0.3, 0.4) is 0 Å². The number of imidazole rings is 1. The highest BCUT2D eigenvalue weighted by Crippen LogP contribution is 2.29. The summed E-state index contributed by atoms with van der Waals surface area (Å²) in [6.07, 6.45) is 3.24. The molecule has 0 aliphatic carbocycles. The molecule has 0 unspecified atom stereocenters. The molecule has 0 bridgehead atoms. The van der Waals surface area contributed by atoms with Crippen LogP contribution in [0.25, 0.3) is 16.9 Å². The van der Waals surface area contributed by atoms with Gasteiger partial charge in [-0.3, -0.25) is 4.79 Å². The molecule has 0 N–H and O–H groups in total. The second kappa shape index (κ2) is 9.82. The van der Waals surface area contributed by atoms with Gasteiger partial charge in [0.05, 0.1) is 24.2 Å². The highest BCUT2D eigenvalue weighted by molar-refractivity contribution is 5.77. The molecular weight excluding hydrogens is 436 g/mol. The number of aromatic nitrogens is 2. The molecule has 1 saturated heterocycles. The van der Waals surface area contributed by atoms with Crippen molar-refractivity contribution in [1.29, 1.82) is 0 Å². The third-order valence-electron chi connectivity index (χ3n) is 6.82. The molecule has 0 saturated carbocycles. The minimum absolute atomic E-state index is 0.196. The number of methoxy groups -OCH3 is 1. The van der Waals surface area contributed by atoms with Gasteiger partial charge in [0.25, 0.3) is 0 Å². The van der Waals surface area contributed by atoms with Crippen LogP contribution in [-0.4, -0.2) is 53.5 Å². The molecule has 0 radical (unpaired) electrons. The predicted molar refractivity (Wildman–Crippen MR) is 140 cm³/mol. The highest BCUT2D eigenvalue weighted by atomic mass is 16.5. The van der Waals surface area contributed by atoms with Gasteiger partial charge >= 0.3 is 0 Å². The summed E-state index contributed by atoms with van der Waals surface area (Å²) in [5, 5.41) is 0. The maximum Gasteiger partial charge on any atom is 0.223 e. The first-order valence-electron chi connectivity index (χ1n) is 12.2. The Morgan fingerprint density at radius 2 is 1.63 bits per heavy atom. The number of fused-ring (bicyclic) bond motifs is 1. The quantitative estimate of drug-likeness (QED) is 0.404. The number of para-hydroxylation sites is 2. The summed E-state index contributed by atoms with van der Waals surface area (Å²) in [6, 6.07) is 20.7. The third kappa shape index (κ3) is 4.74. The van der Waals surface area contributed by atoms with Gasteiger partial charge in [-0.25, -0.2) is 4.98 Å². The van der Waals surface area contributed by atoms with E-state index in [-0.39, 0.29) is 5.91 Å². The number of pyridine rings is 1. The van der Waals surface area contributed by atoms with Gasteiger partial charge < -0.3 is 18.9 Å². The van der Waals surface area contributed by atoms with E-state index in [2.05, 4.69) is 71.8 Å². The predicted octanol–water partition coefficient (Wildman–Crippen LogP) is 4.91. The van der Waals surface area contributed by atoms with Gasteiger partial charge in [-0.1, -0.05) is 48.0 Å². The number of nitrogens with zero attached hydrogens (tertiary/aromatic N) is 4. The topological polar surface area (TPSA) is 50.1 Å². The largest absolute Gasteiger partial charge is 0.495 e. The number of carbonyl (C=O) groups excluding carboxylic acids is 1. The number of amides is 1. The summed E-state index contributed by atoms with van der Waals surface area (Å²) < 4.78 is 7.67. The molecule has 6 heteroatoms. The Labute approximate surface area is 206 Å². The van der Waals surface area contributed by atoms with E-state index < -0.39 is 0 Å². The van der Waals surface area contributed by atoms with E-state index in [0.29, 0.717) is 25.9 Å². The van der Waals surface area contributed by atoms with Crippen molar-refractivity contribution in [3.63, 3.8) is 0 Å². The fourth-order valence-corrected chi connectivity index (χ4v) is 4.85. The van der Waals surface area contributed by atoms with Gasteiger partial charge in [-0.2, -0.15) is 0 Å². The zero-order valence-corrected chi connectivity index (χ0v) is 20.7. The summed E-state index contributed by atoms with van der Waals surface area (Å²) in [4.78, 5) is 22.4. The van der Waals surface area contributed by atoms with E-state index >= 15 is 0 Å². The van der Waals surface area contributed by atoms with Gasteiger partial charge in [-0.05, 0) is 44.0 Å². The average molecular weight is 469 g/mol. The zero-order chi connectivity index (χ0) is 24.4. The minimum Gasteiger partial charge on any atom is -0.495 e. The van der Waals surface area contributed by atoms with Crippen LogP contribution in [0.5, 0.6) is 5.75 Å². The maximum absolute atomic E-state index is 13.2. The number of benzene rings is 2. The van der Waals surface area contributed by atoms with Crippen LogP contribution in [0.4, 0.5) is 5.69 Å². The van der Waals surface area contributed by atoms with Crippen LogP contribution in [0, 0.1) is 13.8 Å². The molecule has 0 atom stereocenters. The summed E-state index contributed by atoms with van der Waals surface area (Å²) in [6.45, 7) is 7.21. The molecule has 0 spiro atoms. The lowest BCUT2D eigenvalue weighted by molar-refractivity contribution is -0.131. The maximum atomic E-state index is 13.2. The Morgan fingerprint density at radius 3 is 2.37 bits per heavy atom. The molecule has 1 aliphatic heterocycles. The molecule has 2 aromatic heterocycles. The average Bonchev–Trinajstić information content (AvgIpc) is 3.25. The van der Waals surface area contributed by atoms with Crippen molar-refractivity contribution in [3.8, 4) is 17.0 Å². The van der Waals surface area contributed by atoms with Crippen LogP contribution in [0.1, 0.15) is 23.2 Å². The van der Waals surface area contributed by atoms with Crippen LogP contribution in [0.2, 0.25) is 0 Å². The van der Waals surface area contributed by atoms with E-state index in [9.17, 15) is 4.79 Å². The van der Waals surface area contributed by atoms with Gasteiger partial charge in [-0.15, -0.1) is 0 Å². The number of aryl methyl sites for hydroxylation is 3. The van der Waals surface area contributed by atoms with Crippen molar-refractivity contribution in [2.75, 3.05) is 38.2 Å². The van der Waals surface area contributed by atoms with E-state index in [1.165, 1.54) is 11.1 Å². The molecule has 180 valence electrons. The smallest absolute Gasteiger partial charge is 0.223 e. The Balaban J connectivity index is 1.30. The summed E-state index contributed by atoms with van der Waals surface area (Å²) in [5.74, 6) is 1.07. The number of rotatable bonds is 6. The Bertz CT molecular complexity index is 1330. The molecule has 2 aromatic carbocycles. The first kappa shape index (κ1) is 23.0. The molecule has 3 heterocycles. The zero-order valence-electron chi connectivity index (χ0n) is 20.7. The number of hydrogen-bond donors (Lipinski definition) is 0. The van der Waals surface area contributed by atoms with Crippen molar-refractivity contribution in [2.45, 2.75) is 26.7 Å². The van der Waals surface area contributed by atoms with Gasteiger partial charge in [0.15, 0.2) is 0 Å². The standard InChI is InChI=1S/C29H32N4O2/c1-21-8-11-23(12-9-21)29-25(33-20-22(2)10-14-27(33)30-29)13-15-28(34)32-18-16-31(17-19-32)24-6-4-5-7-26(24)35-3/h4-12,14,20H,13,15-19H2,1-3H3. The van der Waals surface area contributed by atoms with Crippen LogP contribution < -0.4 is 9.64 Å². The Hall–Kier alpha value is -3.80. The molecule has 1 aliphatic rings. The molecule has 1 amide bonds. The molecule has 6 nitrogen and oxygen atoms in total. The summed E-state index contributed by atoms with van der Waals surface area (Å²) in [7, 11) is 1.70. The van der Waals surface area contributed by atoms with E-state index in [0.717, 1.165) is 47.1 Å². The highest BCUT2D eigenvalue weighted by Gasteiger charge is 2.24. The van der Waals surface area contributed by atoms with Crippen LogP contribution in [0.15, 0.2) is 66.9 Å². The van der Waals surface area contributed by atoms with Crippen LogP contribution >= 0.6 is 0 Å². The van der Waals surface area contributed by atoms with Crippen molar-refractivity contribution in [3.05, 3.63) is 83.7 Å². The summed E-state index contributed by atoms with van der Waals surface area (Å²) in [5.41, 5.74) is 7.54. The number of piperazine rings is 1. The number of anilines is 1. The monoisotopic (exact) mass is 468 g/mol. The van der Waals surface area contributed by atoms with E-state index in [4.69, 9.17) is 9.72 Å². The Kier molecular flexibility index (Phi) is 6.45. The second-order valence-electron chi connectivity index (χ2n) is 9.25. The van der Waals surface area contributed by atoms with Crippen molar-refractivity contribution < 1.29 is 9.53 Å². The van der Waals surface area contributed by atoms with Crippen molar-refractivity contribution in [1.82, 2.24) is 14.3 Å². The third-order valence-corrected chi connectivity index (χ3v) is 6.82. The molecule has 4 aromatic rings. The molecule has 35 heavy (non-hydrogen) atoms. The van der Waals surface area contributed by atoms with Crippen molar-refractivity contribution >= 4 is 17.2 Å². The van der Waals surface area contributed by atoms with E-state index in [1.807, 2.05) is 23.1 Å². The summed E-state index contributed by atoms with van der Waals surface area (Å²) >= 11 is 0. The lowest BCUT2D eigenvalue weighted by Gasteiger charge is -2.36. The first-order chi connectivity index (χ1) is 17.0. The van der Waals surface area contributed by atoms with Crippen molar-refractivity contribution in [2.24, 2.45) is 0 Å². The first-order valence-corrected chi connectivity index (χ1v) is 12.2. The Morgan fingerprint density at radius 1 is 0.914 bits per heavy atom. The second-order valence-corrected chi connectivity index (χ2v) is 9.25. The molecular formula is C29H32N4O2. The fourth-order valence-electron chi connectivity index (χ4n) is 4.85. The normalized spacial score (nSPS) is 13.9. The fraction of sp³-hybridized carbons (Fsp3) is 0.310. The SMILES string of the molecule is COc1ccccc1N1CCN(C(=O)CCc2c(-c3ccc(C)cc3)nc3ccc(C)cn23)CC1. The van der Waals surface area contributed by atoms with Crippen LogP contribution in [-0.2, 0) is 11.2 Å². The number of hydrogen-bond acceptors (Lipinski definition) is 4. The lowest BCUT2D eigenvalue weighted by Crippen LogP contribution is -2.49. The molecule has 5 rings (SSSR count). The number of carbonyl (C=O) groups is 1. The van der Waals surface area contributed by atoms with Gasteiger partial charge in [0.1, 0.15) is 11.4 Å². The van der Waals surface area contributed by atoms with E-state index in [1.54, 1.807) is 7.11 Å². The minimum atomic E-state index is 0.196. The molecule has 1 fully saturated rings. The van der Waals surface area contributed by atoms with Gasteiger partial charge in [0, 0.05) is 44.4 Å². The lowest BCUT2D eigenvalue weighted by atomic mass is 10.1.